The van der Waals surface area contributed by atoms with Gasteiger partial charge in [-0.15, -0.1) is 0 Å². The minimum Gasteiger partial charge on any atom is -0.496 e. The number of ether oxygens (including phenoxy) is 2. The van der Waals surface area contributed by atoms with Gasteiger partial charge in [-0.1, -0.05) is 0 Å². The third-order valence-corrected chi connectivity index (χ3v) is 2.91. The number of amides is 1. The zero-order valence-corrected chi connectivity index (χ0v) is 12.0. The number of carbonyl (C=O) groups is 1. The van der Waals surface area contributed by atoms with Crippen LogP contribution in [0, 0.1) is 0 Å². The standard InChI is InChI=1S/C15H18N2O4/c1-19-8-7-17-15(18)14-6-5-13(21-14)11-9-10(16)3-4-12(11)20-2/h3-6,9H,7-8,16H2,1-2H3,(H,17,18). The van der Waals surface area contributed by atoms with Gasteiger partial charge < -0.3 is 24.9 Å². The normalized spacial score (nSPS) is 10.4. The van der Waals surface area contributed by atoms with Crippen LogP contribution in [0.15, 0.2) is 34.7 Å². The Morgan fingerprint density at radius 1 is 1.29 bits per heavy atom. The van der Waals surface area contributed by atoms with Crippen molar-refractivity contribution in [1.82, 2.24) is 5.32 Å². The van der Waals surface area contributed by atoms with Gasteiger partial charge >= 0.3 is 0 Å². The minimum atomic E-state index is -0.291. The van der Waals surface area contributed by atoms with E-state index in [0.29, 0.717) is 35.9 Å². The number of nitrogens with two attached hydrogens (primary N) is 1. The Hall–Kier alpha value is -2.47. The van der Waals surface area contributed by atoms with E-state index in [2.05, 4.69) is 5.32 Å². The van der Waals surface area contributed by atoms with E-state index in [9.17, 15) is 4.79 Å². The highest BCUT2D eigenvalue weighted by Crippen LogP contribution is 2.32. The van der Waals surface area contributed by atoms with E-state index in [4.69, 9.17) is 19.6 Å². The molecule has 0 bridgehead atoms. The lowest BCUT2D eigenvalue weighted by atomic mass is 10.1. The number of methoxy groups -OCH3 is 2. The first-order valence-electron chi connectivity index (χ1n) is 6.46. The second-order valence-electron chi connectivity index (χ2n) is 4.37. The van der Waals surface area contributed by atoms with Crippen LogP contribution in [0.2, 0.25) is 0 Å². The van der Waals surface area contributed by atoms with Crippen molar-refractivity contribution in [3.05, 3.63) is 36.1 Å². The largest absolute Gasteiger partial charge is 0.496 e. The van der Waals surface area contributed by atoms with Crippen LogP contribution in [0.25, 0.3) is 11.3 Å². The lowest BCUT2D eigenvalue weighted by molar-refractivity contribution is 0.0910. The van der Waals surface area contributed by atoms with Gasteiger partial charge in [-0.3, -0.25) is 4.79 Å². The van der Waals surface area contributed by atoms with Crippen molar-refractivity contribution in [2.24, 2.45) is 0 Å². The summed E-state index contributed by atoms with van der Waals surface area (Å²) in [6.07, 6.45) is 0. The number of benzene rings is 1. The molecule has 0 atom stereocenters. The summed E-state index contributed by atoms with van der Waals surface area (Å²) in [7, 11) is 3.14. The number of hydrogen-bond donors (Lipinski definition) is 2. The average Bonchev–Trinajstić information content (AvgIpc) is 2.97. The second kappa shape index (κ2) is 6.81. The van der Waals surface area contributed by atoms with Crippen molar-refractivity contribution in [3.63, 3.8) is 0 Å². The fourth-order valence-corrected chi connectivity index (χ4v) is 1.88. The maximum absolute atomic E-state index is 11.9. The number of carbonyl (C=O) groups excluding carboxylic acids is 1. The zero-order chi connectivity index (χ0) is 15.2. The Morgan fingerprint density at radius 2 is 2.10 bits per heavy atom. The van der Waals surface area contributed by atoms with Gasteiger partial charge in [-0.25, -0.2) is 0 Å². The quantitative estimate of drug-likeness (QED) is 0.627. The summed E-state index contributed by atoms with van der Waals surface area (Å²) < 4.78 is 15.7. The molecule has 2 aromatic rings. The molecule has 1 heterocycles. The van der Waals surface area contributed by atoms with E-state index in [-0.39, 0.29) is 11.7 Å². The fraction of sp³-hybridized carbons (Fsp3) is 0.267. The van der Waals surface area contributed by atoms with Crippen molar-refractivity contribution in [2.75, 3.05) is 33.1 Å². The molecule has 0 spiro atoms. The predicted octanol–water partition coefficient (Wildman–Crippen LogP) is 1.91. The van der Waals surface area contributed by atoms with Gasteiger partial charge in [-0.05, 0) is 30.3 Å². The molecule has 6 nitrogen and oxygen atoms in total. The van der Waals surface area contributed by atoms with Gasteiger partial charge in [0.1, 0.15) is 11.5 Å². The number of hydrogen-bond acceptors (Lipinski definition) is 5. The molecule has 0 unspecified atom stereocenters. The van der Waals surface area contributed by atoms with Gasteiger partial charge in [0, 0.05) is 19.3 Å². The minimum absolute atomic E-state index is 0.227. The highest BCUT2D eigenvalue weighted by molar-refractivity contribution is 5.92. The number of rotatable bonds is 6. The molecule has 0 radical (unpaired) electrons. The summed E-state index contributed by atoms with van der Waals surface area (Å²) in [5, 5.41) is 2.69. The monoisotopic (exact) mass is 290 g/mol. The molecule has 6 heteroatoms. The first kappa shape index (κ1) is 14.9. The van der Waals surface area contributed by atoms with E-state index in [1.54, 1.807) is 44.6 Å². The van der Waals surface area contributed by atoms with Gasteiger partial charge in [0.2, 0.25) is 0 Å². The van der Waals surface area contributed by atoms with Crippen molar-refractivity contribution in [2.45, 2.75) is 0 Å². The molecule has 0 aliphatic rings. The second-order valence-corrected chi connectivity index (χ2v) is 4.37. The van der Waals surface area contributed by atoms with Crippen LogP contribution >= 0.6 is 0 Å². The Kier molecular flexibility index (Phi) is 4.84. The van der Waals surface area contributed by atoms with Crippen LogP contribution in [0.3, 0.4) is 0 Å². The van der Waals surface area contributed by atoms with Gasteiger partial charge in [0.15, 0.2) is 5.76 Å². The molecule has 0 saturated heterocycles. The van der Waals surface area contributed by atoms with E-state index in [1.165, 1.54) is 0 Å². The Labute approximate surface area is 122 Å². The van der Waals surface area contributed by atoms with Crippen molar-refractivity contribution >= 4 is 11.6 Å². The van der Waals surface area contributed by atoms with Crippen molar-refractivity contribution in [1.29, 1.82) is 0 Å². The predicted molar refractivity (Wildman–Crippen MR) is 79.3 cm³/mol. The molecule has 1 aromatic carbocycles. The van der Waals surface area contributed by atoms with E-state index in [1.807, 2.05) is 0 Å². The average molecular weight is 290 g/mol. The molecule has 1 aromatic heterocycles. The van der Waals surface area contributed by atoms with E-state index in [0.717, 1.165) is 0 Å². The maximum atomic E-state index is 11.9. The fourth-order valence-electron chi connectivity index (χ4n) is 1.88. The Bertz CT molecular complexity index is 622. The summed E-state index contributed by atoms with van der Waals surface area (Å²) >= 11 is 0. The van der Waals surface area contributed by atoms with Gasteiger partial charge in [-0.2, -0.15) is 0 Å². The summed E-state index contributed by atoms with van der Waals surface area (Å²) in [6.45, 7) is 0.870. The smallest absolute Gasteiger partial charge is 0.287 e. The molecule has 21 heavy (non-hydrogen) atoms. The van der Waals surface area contributed by atoms with Crippen LogP contribution in [0.4, 0.5) is 5.69 Å². The Morgan fingerprint density at radius 3 is 2.81 bits per heavy atom. The van der Waals surface area contributed by atoms with Crippen molar-refractivity contribution < 1.29 is 18.7 Å². The third-order valence-electron chi connectivity index (χ3n) is 2.91. The molecular weight excluding hydrogens is 272 g/mol. The van der Waals surface area contributed by atoms with E-state index < -0.39 is 0 Å². The number of nitrogen functional groups attached to an aromatic ring is 1. The van der Waals surface area contributed by atoms with E-state index >= 15 is 0 Å². The SMILES string of the molecule is COCCNC(=O)c1ccc(-c2cc(N)ccc2OC)o1. The summed E-state index contributed by atoms with van der Waals surface area (Å²) in [4.78, 5) is 11.9. The summed E-state index contributed by atoms with van der Waals surface area (Å²) in [6, 6.07) is 8.56. The molecule has 2 rings (SSSR count). The number of nitrogens with one attached hydrogen (secondary N) is 1. The van der Waals surface area contributed by atoms with Crippen LogP contribution in [-0.4, -0.2) is 33.3 Å². The maximum Gasteiger partial charge on any atom is 0.287 e. The summed E-state index contributed by atoms with van der Waals surface area (Å²) in [5.74, 6) is 1.09. The molecule has 1 amide bonds. The third kappa shape index (κ3) is 3.55. The number of anilines is 1. The first-order valence-corrected chi connectivity index (χ1v) is 6.46. The highest BCUT2D eigenvalue weighted by atomic mass is 16.5. The van der Waals surface area contributed by atoms with Gasteiger partial charge in [0.05, 0.1) is 19.3 Å². The van der Waals surface area contributed by atoms with Crippen LogP contribution in [-0.2, 0) is 4.74 Å². The molecule has 0 aliphatic heterocycles. The van der Waals surface area contributed by atoms with Crippen molar-refractivity contribution in [3.8, 4) is 17.1 Å². The van der Waals surface area contributed by atoms with Gasteiger partial charge in [0.25, 0.3) is 5.91 Å². The molecular formula is C15H18N2O4. The zero-order valence-electron chi connectivity index (χ0n) is 12.0. The Balaban J connectivity index is 2.20. The molecule has 3 N–H and O–H groups in total. The lowest BCUT2D eigenvalue weighted by Gasteiger charge is -2.07. The van der Waals surface area contributed by atoms with Crippen LogP contribution in [0.1, 0.15) is 10.6 Å². The molecule has 0 saturated carbocycles. The number of furan rings is 1. The topological polar surface area (TPSA) is 86.7 Å². The van der Waals surface area contributed by atoms with Crippen LogP contribution in [0.5, 0.6) is 5.75 Å². The molecule has 0 fully saturated rings. The molecule has 0 aliphatic carbocycles. The summed E-state index contributed by atoms with van der Waals surface area (Å²) in [5.41, 5.74) is 7.07. The molecule has 112 valence electrons. The highest BCUT2D eigenvalue weighted by Gasteiger charge is 2.14. The van der Waals surface area contributed by atoms with Crippen LogP contribution < -0.4 is 15.8 Å². The first-order chi connectivity index (χ1) is 10.2. The lowest BCUT2D eigenvalue weighted by Crippen LogP contribution is -2.26.